The van der Waals surface area contributed by atoms with Gasteiger partial charge < -0.3 is 19.3 Å². The van der Waals surface area contributed by atoms with Crippen molar-refractivity contribution in [3.05, 3.63) is 40.2 Å². The highest BCUT2D eigenvalue weighted by molar-refractivity contribution is 5.94. The van der Waals surface area contributed by atoms with Gasteiger partial charge in [-0.25, -0.2) is 4.79 Å². The number of ether oxygens (including phenoxy) is 1. The van der Waals surface area contributed by atoms with Gasteiger partial charge >= 0.3 is 5.97 Å². The van der Waals surface area contributed by atoms with Gasteiger partial charge in [0.15, 0.2) is 0 Å². The molecule has 0 saturated carbocycles. The Labute approximate surface area is 134 Å². The second-order valence-corrected chi connectivity index (χ2v) is 5.98. The van der Waals surface area contributed by atoms with E-state index in [1.165, 1.54) is 6.20 Å². The Morgan fingerprint density at radius 3 is 2.61 bits per heavy atom. The number of para-hydroxylation sites is 1. The van der Waals surface area contributed by atoms with E-state index in [1.54, 1.807) is 22.8 Å². The molecule has 0 fully saturated rings. The van der Waals surface area contributed by atoms with E-state index >= 15 is 0 Å². The number of aromatic nitrogens is 1. The summed E-state index contributed by atoms with van der Waals surface area (Å²) in [6, 6.07) is 5.15. The quantitative estimate of drug-likeness (QED) is 0.884. The Hall–Kier alpha value is -2.34. The van der Waals surface area contributed by atoms with Gasteiger partial charge in [0.05, 0.1) is 10.9 Å². The first-order chi connectivity index (χ1) is 10.8. The summed E-state index contributed by atoms with van der Waals surface area (Å²) >= 11 is 0. The minimum atomic E-state index is -1.22. The Balaban J connectivity index is 2.64. The summed E-state index contributed by atoms with van der Waals surface area (Å²) in [4.78, 5) is 25.7. The number of carboxylic acid groups (broad SMARTS) is 1. The summed E-state index contributed by atoms with van der Waals surface area (Å²) in [5.41, 5.74) is -0.0737. The van der Waals surface area contributed by atoms with Crippen LogP contribution in [0.15, 0.2) is 29.2 Å². The van der Waals surface area contributed by atoms with E-state index in [4.69, 9.17) is 4.74 Å². The summed E-state index contributed by atoms with van der Waals surface area (Å²) in [5, 5.41) is 9.62. The van der Waals surface area contributed by atoms with E-state index in [0.717, 1.165) is 6.54 Å². The molecule has 124 valence electrons. The summed E-state index contributed by atoms with van der Waals surface area (Å²) in [7, 11) is 3.91. The minimum absolute atomic E-state index is 0.00482. The van der Waals surface area contributed by atoms with Gasteiger partial charge in [0.25, 0.3) is 0 Å². The summed E-state index contributed by atoms with van der Waals surface area (Å²) in [6.45, 7) is 5.10. The Morgan fingerprint density at radius 2 is 2.04 bits per heavy atom. The van der Waals surface area contributed by atoms with Crippen molar-refractivity contribution in [2.24, 2.45) is 0 Å². The number of benzene rings is 1. The molecule has 0 radical (unpaired) electrons. The van der Waals surface area contributed by atoms with Gasteiger partial charge in [-0.15, -0.1) is 0 Å². The molecule has 1 aromatic carbocycles. The maximum atomic E-state index is 12.4. The predicted molar refractivity (Wildman–Crippen MR) is 89.6 cm³/mol. The number of hydrogen-bond donors (Lipinski definition) is 1. The molecule has 0 unspecified atom stereocenters. The zero-order valence-corrected chi connectivity index (χ0v) is 13.9. The summed E-state index contributed by atoms with van der Waals surface area (Å²) in [6.07, 6.45) is 1.40. The number of rotatable bonds is 6. The van der Waals surface area contributed by atoms with Crippen LogP contribution in [0.5, 0.6) is 5.75 Å². The third-order valence-electron chi connectivity index (χ3n) is 3.60. The molecular formula is C17H22N2O4. The van der Waals surface area contributed by atoms with Crippen molar-refractivity contribution in [1.29, 1.82) is 0 Å². The number of pyridine rings is 1. The number of likely N-dealkylation sites (N-methyl/N-ethyl adjacent to an activating group) is 1. The molecule has 0 atom stereocenters. The second kappa shape index (κ2) is 6.83. The highest BCUT2D eigenvalue weighted by Gasteiger charge is 2.18. The lowest BCUT2D eigenvalue weighted by Crippen LogP contribution is -2.22. The molecular weight excluding hydrogens is 296 g/mol. The van der Waals surface area contributed by atoms with Crippen LogP contribution >= 0.6 is 0 Å². The molecule has 2 aromatic rings. The summed E-state index contributed by atoms with van der Waals surface area (Å²) < 4.78 is 7.61. The number of carboxylic acids is 1. The Kier molecular flexibility index (Phi) is 5.05. The van der Waals surface area contributed by atoms with Gasteiger partial charge in [-0.3, -0.25) is 4.79 Å². The lowest BCUT2D eigenvalue weighted by molar-refractivity contribution is 0.0694. The average molecular weight is 318 g/mol. The van der Waals surface area contributed by atoms with Crippen molar-refractivity contribution in [2.75, 3.05) is 27.2 Å². The fraction of sp³-hybridized carbons (Fsp3) is 0.412. The Morgan fingerprint density at radius 1 is 1.35 bits per heavy atom. The molecule has 0 aliphatic rings. The van der Waals surface area contributed by atoms with Crippen LogP contribution in [-0.2, 0) is 0 Å². The van der Waals surface area contributed by atoms with E-state index in [1.807, 2.05) is 32.8 Å². The molecule has 0 spiro atoms. The lowest BCUT2D eigenvalue weighted by atomic mass is 10.1. The molecule has 1 N–H and O–H groups in total. The first-order valence-electron chi connectivity index (χ1n) is 7.51. The molecule has 6 heteroatoms. The van der Waals surface area contributed by atoms with Gasteiger partial charge in [0.1, 0.15) is 17.9 Å². The van der Waals surface area contributed by atoms with Crippen LogP contribution in [0, 0.1) is 0 Å². The Bertz CT molecular complexity index is 778. The number of hydrogen-bond acceptors (Lipinski definition) is 4. The van der Waals surface area contributed by atoms with Crippen LogP contribution in [0.3, 0.4) is 0 Å². The normalized spacial score (nSPS) is 11.4. The number of aromatic carboxylic acids is 1. The smallest absolute Gasteiger partial charge is 0.341 e. The minimum Gasteiger partial charge on any atom is -0.490 e. The van der Waals surface area contributed by atoms with Crippen LogP contribution in [-0.4, -0.2) is 47.8 Å². The molecule has 0 aliphatic carbocycles. The van der Waals surface area contributed by atoms with Crippen molar-refractivity contribution in [2.45, 2.75) is 19.9 Å². The van der Waals surface area contributed by atoms with Crippen LogP contribution in [0.4, 0.5) is 0 Å². The SMILES string of the molecule is CC(C)n1cc(C(=O)O)c(=O)c2cccc(OCCN(C)C)c21. The molecule has 1 heterocycles. The largest absolute Gasteiger partial charge is 0.490 e. The fourth-order valence-corrected chi connectivity index (χ4v) is 2.39. The van der Waals surface area contributed by atoms with Crippen LogP contribution in [0.25, 0.3) is 10.9 Å². The van der Waals surface area contributed by atoms with Gasteiger partial charge in [0.2, 0.25) is 5.43 Å². The first-order valence-corrected chi connectivity index (χ1v) is 7.51. The topological polar surface area (TPSA) is 71.8 Å². The highest BCUT2D eigenvalue weighted by Crippen LogP contribution is 2.26. The first kappa shape index (κ1) is 17.0. The van der Waals surface area contributed by atoms with E-state index < -0.39 is 11.4 Å². The molecule has 0 saturated heterocycles. The van der Waals surface area contributed by atoms with E-state index in [0.29, 0.717) is 23.3 Å². The van der Waals surface area contributed by atoms with Crippen molar-refractivity contribution < 1.29 is 14.6 Å². The van der Waals surface area contributed by atoms with E-state index in [2.05, 4.69) is 0 Å². The number of nitrogens with zero attached hydrogens (tertiary/aromatic N) is 2. The van der Waals surface area contributed by atoms with Gasteiger partial charge in [-0.05, 0) is 40.1 Å². The lowest BCUT2D eigenvalue weighted by Gasteiger charge is -2.19. The monoisotopic (exact) mass is 318 g/mol. The maximum absolute atomic E-state index is 12.4. The van der Waals surface area contributed by atoms with Gasteiger partial charge in [0, 0.05) is 18.8 Å². The number of carbonyl (C=O) groups is 1. The zero-order chi connectivity index (χ0) is 17.1. The van der Waals surface area contributed by atoms with Crippen molar-refractivity contribution in [3.8, 4) is 5.75 Å². The van der Waals surface area contributed by atoms with Gasteiger partial charge in [-0.1, -0.05) is 6.07 Å². The zero-order valence-electron chi connectivity index (χ0n) is 13.9. The van der Waals surface area contributed by atoms with Crippen molar-refractivity contribution in [1.82, 2.24) is 9.47 Å². The molecule has 0 aliphatic heterocycles. The molecule has 0 bridgehead atoms. The number of fused-ring (bicyclic) bond motifs is 1. The average Bonchev–Trinajstić information content (AvgIpc) is 2.47. The van der Waals surface area contributed by atoms with Crippen molar-refractivity contribution >= 4 is 16.9 Å². The highest BCUT2D eigenvalue weighted by atomic mass is 16.5. The van der Waals surface area contributed by atoms with E-state index in [-0.39, 0.29) is 11.6 Å². The van der Waals surface area contributed by atoms with E-state index in [9.17, 15) is 14.7 Å². The molecule has 1 aromatic heterocycles. The molecule has 2 rings (SSSR count). The maximum Gasteiger partial charge on any atom is 0.341 e. The third kappa shape index (κ3) is 3.53. The summed E-state index contributed by atoms with van der Waals surface area (Å²) in [5.74, 6) is -0.627. The third-order valence-corrected chi connectivity index (χ3v) is 3.60. The molecule has 0 amide bonds. The standard InChI is InChI=1S/C17H22N2O4/c1-11(2)19-10-13(17(21)22)16(20)12-6-5-7-14(15(12)19)23-9-8-18(3)4/h5-7,10-11H,8-9H2,1-4H3,(H,21,22). The van der Waals surface area contributed by atoms with Crippen LogP contribution in [0.1, 0.15) is 30.2 Å². The molecule has 6 nitrogen and oxygen atoms in total. The fourth-order valence-electron chi connectivity index (χ4n) is 2.39. The predicted octanol–water partition coefficient (Wildman–Crippen LogP) is 2.22. The van der Waals surface area contributed by atoms with Gasteiger partial charge in [-0.2, -0.15) is 0 Å². The van der Waals surface area contributed by atoms with Crippen LogP contribution in [0.2, 0.25) is 0 Å². The van der Waals surface area contributed by atoms with Crippen molar-refractivity contribution in [3.63, 3.8) is 0 Å². The van der Waals surface area contributed by atoms with Crippen LogP contribution < -0.4 is 10.2 Å². The molecule has 23 heavy (non-hydrogen) atoms. The second-order valence-electron chi connectivity index (χ2n) is 5.98.